The largest absolute Gasteiger partial charge is 0.354 e. The Kier molecular flexibility index (Phi) is 10.3. The lowest BCUT2D eigenvalue weighted by Gasteiger charge is -2.29. The van der Waals surface area contributed by atoms with Crippen LogP contribution in [0.25, 0.3) is 0 Å². The molecule has 4 nitrogen and oxygen atoms in total. The Morgan fingerprint density at radius 3 is 2.55 bits per heavy atom. The molecule has 0 aliphatic carbocycles. The lowest BCUT2D eigenvalue weighted by atomic mass is 10.1. The van der Waals surface area contributed by atoms with Crippen LogP contribution in [-0.2, 0) is 21.9 Å². The second kappa shape index (κ2) is 12.7. The SMILES string of the molecule is CCCCNC(=O)C(C)N(Cc1ccc(C)cc1)C(=O)CSCc1c(F)cccc1Cl. The summed E-state index contributed by atoms with van der Waals surface area (Å²) in [7, 11) is 0. The zero-order valence-corrected chi connectivity index (χ0v) is 19.9. The number of halogens is 2. The zero-order chi connectivity index (χ0) is 22.8. The van der Waals surface area contributed by atoms with Crippen LogP contribution in [0.1, 0.15) is 43.4 Å². The number of hydrogen-bond acceptors (Lipinski definition) is 3. The molecule has 0 fully saturated rings. The van der Waals surface area contributed by atoms with Crippen molar-refractivity contribution >= 4 is 35.2 Å². The van der Waals surface area contributed by atoms with Crippen LogP contribution in [0.15, 0.2) is 42.5 Å². The van der Waals surface area contributed by atoms with Gasteiger partial charge in [0.1, 0.15) is 11.9 Å². The van der Waals surface area contributed by atoms with Gasteiger partial charge in [-0.1, -0.05) is 60.8 Å². The summed E-state index contributed by atoms with van der Waals surface area (Å²) in [5.74, 6) is -0.310. The molecular weight excluding hydrogens is 435 g/mol. The molecule has 0 saturated carbocycles. The molecule has 0 radical (unpaired) electrons. The van der Waals surface area contributed by atoms with E-state index in [1.165, 1.54) is 17.8 Å². The van der Waals surface area contributed by atoms with E-state index in [0.717, 1.165) is 24.0 Å². The van der Waals surface area contributed by atoms with Crippen LogP contribution < -0.4 is 5.32 Å². The fourth-order valence-electron chi connectivity index (χ4n) is 3.00. The van der Waals surface area contributed by atoms with Crippen molar-refractivity contribution in [2.24, 2.45) is 0 Å². The van der Waals surface area contributed by atoms with Crippen LogP contribution in [0.4, 0.5) is 4.39 Å². The molecule has 1 N–H and O–H groups in total. The third kappa shape index (κ3) is 7.86. The van der Waals surface area contributed by atoms with Gasteiger partial charge in [-0.25, -0.2) is 4.39 Å². The molecule has 0 aliphatic rings. The highest BCUT2D eigenvalue weighted by molar-refractivity contribution is 7.99. The Bertz CT molecular complexity index is 856. The van der Waals surface area contributed by atoms with Gasteiger partial charge in [0, 0.05) is 29.4 Å². The quantitative estimate of drug-likeness (QED) is 0.456. The summed E-state index contributed by atoms with van der Waals surface area (Å²) in [4.78, 5) is 27.2. The molecule has 31 heavy (non-hydrogen) atoms. The van der Waals surface area contributed by atoms with E-state index in [1.807, 2.05) is 31.2 Å². The number of nitrogens with one attached hydrogen (secondary N) is 1. The van der Waals surface area contributed by atoms with E-state index in [0.29, 0.717) is 23.7 Å². The van der Waals surface area contributed by atoms with Crippen molar-refractivity contribution in [1.29, 1.82) is 0 Å². The first-order chi connectivity index (χ1) is 14.8. The van der Waals surface area contributed by atoms with Gasteiger partial charge in [0.2, 0.25) is 11.8 Å². The first-order valence-electron chi connectivity index (χ1n) is 10.5. The molecule has 0 aliphatic heterocycles. The minimum absolute atomic E-state index is 0.128. The van der Waals surface area contributed by atoms with Gasteiger partial charge in [0.25, 0.3) is 0 Å². The fourth-order valence-corrected chi connectivity index (χ4v) is 4.25. The van der Waals surface area contributed by atoms with Gasteiger partial charge < -0.3 is 10.2 Å². The van der Waals surface area contributed by atoms with Gasteiger partial charge in [-0.3, -0.25) is 9.59 Å². The summed E-state index contributed by atoms with van der Waals surface area (Å²) in [6.45, 7) is 6.73. The minimum atomic E-state index is -0.608. The maximum Gasteiger partial charge on any atom is 0.242 e. The number of carbonyl (C=O) groups is 2. The molecule has 0 saturated heterocycles. The number of hydrogen-bond donors (Lipinski definition) is 1. The molecule has 0 bridgehead atoms. The number of thioether (sulfide) groups is 1. The maximum absolute atomic E-state index is 14.0. The molecule has 2 amide bonds. The van der Waals surface area contributed by atoms with Crippen LogP contribution in [0, 0.1) is 12.7 Å². The summed E-state index contributed by atoms with van der Waals surface area (Å²) in [6.07, 6.45) is 1.87. The van der Waals surface area contributed by atoms with Crippen LogP contribution in [0.2, 0.25) is 5.02 Å². The molecule has 2 aromatic rings. The van der Waals surface area contributed by atoms with E-state index in [2.05, 4.69) is 12.2 Å². The lowest BCUT2D eigenvalue weighted by Crippen LogP contribution is -2.48. The molecule has 7 heteroatoms. The third-order valence-corrected chi connectivity index (χ3v) is 6.30. The van der Waals surface area contributed by atoms with E-state index >= 15 is 0 Å². The highest BCUT2D eigenvalue weighted by Gasteiger charge is 2.26. The summed E-state index contributed by atoms with van der Waals surface area (Å²) < 4.78 is 14.0. The van der Waals surface area contributed by atoms with Crippen LogP contribution >= 0.6 is 23.4 Å². The van der Waals surface area contributed by atoms with E-state index < -0.39 is 6.04 Å². The van der Waals surface area contributed by atoms with Gasteiger partial charge in [-0.2, -0.15) is 0 Å². The molecule has 0 aromatic heterocycles. The fraction of sp³-hybridized carbons (Fsp3) is 0.417. The monoisotopic (exact) mass is 464 g/mol. The minimum Gasteiger partial charge on any atom is -0.354 e. The van der Waals surface area contributed by atoms with Crippen LogP contribution in [-0.4, -0.2) is 35.1 Å². The molecule has 2 rings (SSSR count). The molecule has 0 heterocycles. The lowest BCUT2D eigenvalue weighted by molar-refractivity contribution is -0.138. The Balaban J connectivity index is 2.07. The predicted molar refractivity (Wildman–Crippen MR) is 127 cm³/mol. The van der Waals surface area contributed by atoms with E-state index in [-0.39, 0.29) is 29.1 Å². The van der Waals surface area contributed by atoms with Gasteiger partial charge >= 0.3 is 0 Å². The van der Waals surface area contributed by atoms with E-state index in [1.54, 1.807) is 24.0 Å². The molecule has 168 valence electrons. The number of benzene rings is 2. The predicted octanol–water partition coefficient (Wildman–Crippen LogP) is 5.35. The first-order valence-corrected chi connectivity index (χ1v) is 12.0. The zero-order valence-electron chi connectivity index (χ0n) is 18.3. The average molecular weight is 465 g/mol. The Labute approximate surface area is 193 Å². The van der Waals surface area contributed by atoms with Crippen molar-refractivity contribution in [2.45, 2.75) is 52.0 Å². The standard InChI is InChI=1S/C24H30ClFN2O2S/c1-4-5-13-27-24(30)18(3)28(14-19-11-9-17(2)10-12-19)23(29)16-31-15-20-21(25)7-6-8-22(20)26/h6-12,18H,4-5,13-16H2,1-3H3,(H,27,30). The van der Waals surface area contributed by atoms with Crippen molar-refractivity contribution in [3.8, 4) is 0 Å². The number of amides is 2. The molecular formula is C24H30ClFN2O2S. The van der Waals surface area contributed by atoms with Gasteiger partial charge in [0.05, 0.1) is 5.75 Å². The maximum atomic E-state index is 14.0. The number of unbranched alkanes of at least 4 members (excludes halogenated alkanes) is 1. The number of rotatable bonds is 11. The van der Waals surface area contributed by atoms with Crippen LogP contribution in [0.3, 0.4) is 0 Å². The van der Waals surface area contributed by atoms with Crippen molar-refractivity contribution in [3.05, 3.63) is 70.0 Å². The van der Waals surface area contributed by atoms with Crippen molar-refractivity contribution in [1.82, 2.24) is 10.2 Å². The Hall–Kier alpha value is -2.05. The second-order valence-corrected chi connectivity index (χ2v) is 8.91. The number of carbonyl (C=O) groups excluding carboxylic acids is 2. The van der Waals surface area contributed by atoms with Gasteiger partial charge in [-0.05, 0) is 38.0 Å². The normalized spacial score (nSPS) is 11.8. The molecule has 1 unspecified atom stereocenters. The second-order valence-electron chi connectivity index (χ2n) is 7.52. The van der Waals surface area contributed by atoms with Crippen molar-refractivity contribution in [3.63, 3.8) is 0 Å². The molecule has 1 atom stereocenters. The van der Waals surface area contributed by atoms with Gasteiger partial charge in [-0.15, -0.1) is 11.8 Å². The number of aryl methyl sites for hydroxylation is 1. The van der Waals surface area contributed by atoms with Crippen LogP contribution in [0.5, 0.6) is 0 Å². The topological polar surface area (TPSA) is 49.4 Å². The summed E-state index contributed by atoms with van der Waals surface area (Å²) in [5.41, 5.74) is 2.47. The first kappa shape index (κ1) is 25.2. The average Bonchev–Trinajstić information content (AvgIpc) is 2.75. The van der Waals surface area contributed by atoms with Gasteiger partial charge in [0.15, 0.2) is 0 Å². The highest BCUT2D eigenvalue weighted by Crippen LogP contribution is 2.24. The highest BCUT2D eigenvalue weighted by atomic mass is 35.5. The Morgan fingerprint density at radius 2 is 1.90 bits per heavy atom. The summed E-state index contributed by atoms with van der Waals surface area (Å²) >= 11 is 7.37. The van der Waals surface area contributed by atoms with Crippen molar-refractivity contribution in [2.75, 3.05) is 12.3 Å². The Morgan fingerprint density at radius 1 is 1.19 bits per heavy atom. The van der Waals surface area contributed by atoms with E-state index in [4.69, 9.17) is 11.6 Å². The smallest absolute Gasteiger partial charge is 0.242 e. The molecule has 2 aromatic carbocycles. The molecule has 0 spiro atoms. The van der Waals surface area contributed by atoms with E-state index in [9.17, 15) is 14.0 Å². The summed E-state index contributed by atoms with van der Waals surface area (Å²) in [6, 6.07) is 11.8. The third-order valence-electron chi connectivity index (χ3n) is 5.00. The van der Waals surface area contributed by atoms with Crippen molar-refractivity contribution < 1.29 is 14.0 Å². The summed E-state index contributed by atoms with van der Waals surface area (Å²) in [5, 5.41) is 3.25. The number of nitrogens with zero attached hydrogens (tertiary/aromatic N) is 1.